The van der Waals surface area contributed by atoms with Crippen molar-refractivity contribution in [1.82, 2.24) is 30.7 Å². The average Bonchev–Trinajstić information content (AvgIpc) is 2.82. The third-order valence-electron chi connectivity index (χ3n) is 2.79. The molecule has 3 heterocycles. The second-order valence-corrected chi connectivity index (χ2v) is 3.84. The van der Waals surface area contributed by atoms with Gasteiger partial charge < -0.3 is 5.32 Å². The summed E-state index contributed by atoms with van der Waals surface area (Å²) in [4.78, 5) is 8.99. The molecule has 16 heavy (non-hydrogen) atoms. The zero-order valence-electron chi connectivity index (χ0n) is 8.99. The Morgan fingerprint density at radius 1 is 1.31 bits per heavy atom. The van der Waals surface area contributed by atoms with E-state index in [1.165, 1.54) is 5.56 Å². The molecule has 0 radical (unpaired) electrons. The van der Waals surface area contributed by atoms with Gasteiger partial charge in [-0.2, -0.15) is 15.4 Å². The van der Waals surface area contributed by atoms with Crippen LogP contribution in [0.25, 0.3) is 11.5 Å². The molecule has 0 amide bonds. The predicted octanol–water partition coefficient (Wildman–Crippen LogP) is 0.216. The fourth-order valence-electron chi connectivity index (χ4n) is 1.97. The third-order valence-corrected chi connectivity index (χ3v) is 2.79. The molecule has 0 aliphatic carbocycles. The van der Waals surface area contributed by atoms with E-state index in [2.05, 4.69) is 30.7 Å². The fraction of sp³-hybridized carbons (Fsp3) is 0.400. The van der Waals surface area contributed by atoms with Crippen LogP contribution >= 0.6 is 0 Å². The maximum atomic E-state index is 4.52. The summed E-state index contributed by atoms with van der Waals surface area (Å²) >= 11 is 0. The molecular weight excluding hydrogens is 204 g/mol. The van der Waals surface area contributed by atoms with Crippen LogP contribution in [0, 0.1) is 6.92 Å². The molecule has 1 aliphatic rings. The van der Waals surface area contributed by atoms with E-state index in [9.17, 15) is 0 Å². The van der Waals surface area contributed by atoms with Gasteiger partial charge in [-0.1, -0.05) is 0 Å². The van der Waals surface area contributed by atoms with Crippen molar-refractivity contribution >= 4 is 0 Å². The van der Waals surface area contributed by atoms with E-state index in [1.807, 2.05) is 6.92 Å². The standard InChI is InChI=1S/C10H12N6/c1-6-7-2-3-11-4-8(7)14-10(13-6)9-5-12-16-15-9/h5,11H,2-4H2,1H3,(H,12,15,16). The summed E-state index contributed by atoms with van der Waals surface area (Å²) in [5.74, 6) is 0.647. The Morgan fingerprint density at radius 3 is 3.06 bits per heavy atom. The number of fused-ring (bicyclic) bond motifs is 1. The van der Waals surface area contributed by atoms with Crippen molar-refractivity contribution in [2.45, 2.75) is 19.9 Å². The van der Waals surface area contributed by atoms with Crippen molar-refractivity contribution in [3.63, 3.8) is 0 Å². The Bertz CT molecular complexity index is 504. The Labute approximate surface area is 92.5 Å². The first-order chi connectivity index (χ1) is 7.84. The third kappa shape index (κ3) is 1.47. The van der Waals surface area contributed by atoms with Gasteiger partial charge in [0.1, 0.15) is 5.69 Å². The van der Waals surface area contributed by atoms with Crippen LogP contribution in [-0.4, -0.2) is 31.9 Å². The van der Waals surface area contributed by atoms with E-state index in [0.29, 0.717) is 11.5 Å². The van der Waals surface area contributed by atoms with Crippen molar-refractivity contribution in [3.8, 4) is 11.5 Å². The quantitative estimate of drug-likeness (QED) is 0.712. The van der Waals surface area contributed by atoms with Gasteiger partial charge in [0.05, 0.1) is 11.9 Å². The Balaban J connectivity index is 2.12. The van der Waals surface area contributed by atoms with Gasteiger partial charge in [0, 0.05) is 12.2 Å². The summed E-state index contributed by atoms with van der Waals surface area (Å²) in [6.07, 6.45) is 2.64. The van der Waals surface area contributed by atoms with Gasteiger partial charge in [0.25, 0.3) is 0 Å². The lowest BCUT2D eigenvalue weighted by Crippen LogP contribution is -2.26. The maximum absolute atomic E-state index is 4.52. The molecule has 0 saturated heterocycles. The van der Waals surface area contributed by atoms with Gasteiger partial charge in [0.2, 0.25) is 0 Å². The second-order valence-electron chi connectivity index (χ2n) is 3.84. The van der Waals surface area contributed by atoms with E-state index in [1.54, 1.807) is 6.20 Å². The SMILES string of the molecule is Cc1nc(-c2cn[nH]n2)nc2c1CCNC2. The van der Waals surface area contributed by atoms with Crippen LogP contribution in [0.3, 0.4) is 0 Å². The topological polar surface area (TPSA) is 79.4 Å². The molecule has 0 unspecified atom stereocenters. The molecular formula is C10H12N6. The number of hydrogen-bond donors (Lipinski definition) is 2. The highest BCUT2D eigenvalue weighted by Gasteiger charge is 2.16. The normalized spacial score (nSPS) is 14.8. The van der Waals surface area contributed by atoms with E-state index >= 15 is 0 Å². The molecule has 6 heteroatoms. The van der Waals surface area contributed by atoms with Crippen LogP contribution in [0.5, 0.6) is 0 Å². The van der Waals surface area contributed by atoms with Crippen LogP contribution in [-0.2, 0) is 13.0 Å². The number of H-pyrrole nitrogens is 1. The summed E-state index contributed by atoms with van der Waals surface area (Å²) in [6.45, 7) is 3.83. The van der Waals surface area contributed by atoms with Crippen LogP contribution in [0.4, 0.5) is 0 Å². The minimum absolute atomic E-state index is 0.647. The number of nitrogens with one attached hydrogen (secondary N) is 2. The first-order valence-corrected chi connectivity index (χ1v) is 5.28. The minimum Gasteiger partial charge on any atom is -0.311 e. The first kappa shape index (κ1) is 9.41. The Hall–Kier alpha value is -1.82. The number of hydrogen-bond acceptors (Lipinski definition) is 5. The van der Waals surface area contributed by atoms with E-state index in [-0.39, 0.29) is 0 Å². The van der Waals surface area contributed by atoms with Gasteiger partial charge in [-0.3, -0.25) is 0 Å². The molecule has 1 aliphatic heterocycles. The number of aryl methyl sites for hydroxylation is 1. The highest BCUT2D eigenvalue weighted by molar-refractivity contribution is 5.48. The largest absolute Gasteiger partial charge is 0.311 e. The van der Waals surface area contributed by atoms with Crippen LogP contribution in [0.15, 0.2) is 6.20 Å². The molecule has 2 aromatic heterocycles. The molecule has 0 fully saturated rings. The number of aromatic amines is 1. The zero-order chi connectivity index (χ0) is 11.0. The smallest absolute Gasteiger partial charge is 0.182 e. The summed E-state index contributed by atoms with van der Waals surface area (Å²) < 4.78 is 0. The molecule has 6 nitrogen and oxygen atoms in total. The zero-order valence-corrected chi connectivity index (χ0v) is 8.99. The number of nitrogens with zero attached hydrogens (tertiary/aromatic N) is 4. The fourth-order valence-corrected chi connectivity index (χ4v) is 1.97. The maximum Gasteiger partial charge on any atom is 0.182 e. The molecule has 0 aromatic carbocycles. The number of aromatic nitrogens is 5. The van der Waals surface area contributed by atoms with E-state index < -0.39 is 0 Å². The van der Waals surface area contributed by atoms with Crippen molar-refractivity contribution in [2.24, 2.45) is 0 Å². The summed E-state index contributed by atoms with van der Waals surface area (Å²) in [7, 11) is 0. The molecule has 0 spiro atoms. The average molecular weight is 216 g/mol. The van der Waals surface area contributed by atoms with Crippen molar-refractivity contribution in [1.29, 1.82) is 0 Å². The summed E-state index contributed by atoms with van der Waals surface area (Å²) in [5, 5.41) is 13.6. The van der Waals surface area contributed by atoms with Gasteiger partial charge in [-0.15, -0.1) is 0 Å². The lowest BCUT2D eigenvalue weighted by Gasteiger charge is -2.18. The monoisotopic (exact) mass is 216 g/mol. The highest BCUT2D eigenvalue weighted by Crippen LogP contribution is 2.18. The molecule has 2 N–H and O–H groups in total. The lowest BCUT2D eigenvalue weighted by atomic mass is 10.0. The van der Waals surface area contributed by atoms with Crippen molar-refractivity contribution in [2.75, 3.05) is 6.54 Å². The lowest BCUT2D eigenvalue weighted by molar-refractivity contribution is 0.620. The molecule has 0 atom stereocenters. The first-order valence-electron chi connectivity index (χ1n) is 5.28. The second kappa shape index (κ2) is 3.64. The van der Waals surface area contributed by atoms with E-state index in [0.717, 1.165) is 30.9 Å². The van der Waals surface area contributed by atoms with Crippen molar-refractivity contribution in [3.05, 3.63) is 23.1 Å². The van der Waals surface area contributed by atoms with Gasteiger partial charge in [-0.25, -0.2) is 9.97 Å². The van der Waals surface area contributed by atoms with Gasteiger partial charge in [-0.05, 0) is 25.5 Å². The van der Waals surface area contributed by atoms with Crippen molar-refractivity contribution < 1.29 is 0 Å². The van der Waals surface area contributed by atoms with Crippen LogP contribution < -0.4 is 5.32 Å². The highest BCUT2D eigenvalue weighted by atomic mass is 15.3. The number of rotatable bonds is 1. The molecule has 0 bridgehead atoms. The van der Waals surface area contributed by atoms with Crippen LogP contribution in [0.1, 0.15) is 17.0 Å². The van der Waals surface area contributed by atoms with Crippen LogP contribution in [0.2, 0.25) is 0 Å². The molecule has 0 saturated carbocycles. The molecule has 2 aromatic rings. The minimum atomic E-state index is 0.647. The summed E-state index contributed by atoms with van der Waals surface area (Å²) in [6, 6.07) is 0. The Morgan fingerprint density at radius 2 is 2.25 bits per heavy atom. The van der Waals surface area contributed by atoms with Gasteiger partial charge >= 0.3 is 0 Å². The predicted molar refractivity (Wildman–Crippen MR) is 57.6 cm³/mol. The van der Waals surface area contributed by atoms with E-state index in [4.69, 9.17) is 0 Å². The summed E-state index contributed by atoms with van der Waals surface area (Å²) in [5.41, 5.74) is 4.09. The molecule has 3 rings (SSSR count). The molecule has 82 valence electrons. The van der Waals surface area contributed by atoms with Gasteiger partial charge in [0.15, 0.2) is 5.82 Å². The Kier molecular flexibility index (Phi) is 2.14.